The molecule has 2 fully saturated rings. The van der Waals surface area contributed by atoms with Gasteiger partial charge in [0.15, 0.2) is 0 Å². The molecule has 2 saturated heterocycles. The lowest BCUT2D eigenvalue weighted by atomic mass is 9.84. The zero-order valence-electron chi connectivity index (χ0n) is 13.3. The Labute approximate surface area is 150 Å². The van der Waals surface area contributed by atoms with Crippen LogP contribution in [0.1, 0.15) is 28.4 Å². The van der Waals surface area contributed by atoms with Crippen LogP contribution in [-0.4, -0.2) is 41.6 Å². The Morgan fingerprint density at radius 2 is 2.04 bits per heavy atom. The maximum atomic E-state index is 13.0. The predicted molar refractivity (Wildman–Crippen MR) is 94.9 cm³/mol. The minimum atomic E-state index is 0.0258. The molecule has 2 aliphatic heterocycles. The van der Waals surface area contributed by atoms with Gasteiger partial charge >= 0.3 is 0 Å². The van der Waals surface area contributed by atoms with Gasteiger partial charge in [-0.05, 0) is 40.0 Å². The van der Waals surface area contributed by atoms with Gasteiger partial charge < -0.3 is 9.64 Å². The number of pyridine rings is 1. The second-order valence-electron chi connectivity index (χ2n) is 6.43. The normalized spacial score (nSPS) is 26.2. The molecule has 0 spiro atoms. The Balaban J connectivity index is 1.63. The van der Waals surface area contributed by atoms with E-state index >= 15 is 0 Å². The number of fused-ring (bicyclic) bond motifs is 1. The summed E-state index contributed by atoms with van der Waals surface area (Å²) in [5.74, 6) is 0.717. The Hall–Kier alpha value is -1.72. The molecule has 3 unspecified atom stereocenters. The van der Waals surface area contributed by atoms with E-state index in [0.717, 1.165) is 30.7 Å². The summed E-state index contributed by atoms with van der Waals surface area (Å²) in [6.07, 6.45) is 2.58. The van der Waals surface area contributed by atoms with Gasteiger partial charge in [-0.1, -0.05) is 30.3 Å². The van der Waals surface area contributed by atoms with Crippen LogP contribution in [0.2, 0.25) is 0 Å². The molecule has 0 radical (unpaired) electrons. The number of rotatable bonds is 2. The molecule has 124 valence electrons. The number of ether oxygens (including phenoxy) is 1. The van der Waals surface area contributed by atoms with Gasteiger partial charge in [-0.2, -0.15) is 0 Å². The standard InChI is InChI=1S/C19H19BrN2O2/c20-14-6-7-17(21-10-14)19(23)22-11-15(13-4-2-1-3-5-13)16-12-24-9-8-18(16)22/h1-7,10,15-16,18H,8-9,11-12H2. The first-order valence-electron chi connectivity index (χ1n) is 8.29. The molecule has 2 aliphatic rings. The minimum absolute atomic E-state index is 0.0258. The lowest BCUT2D eigenvalue weighted by Gasteiger charge is -2.32. The summed E-state index contributed by atoms with van der Waals surface area (Å²) in [5, 5.41) is 0. The van der Waals surface area contributed by atoms with Crippen LogP contribution in [0, 0.1) is 5.92 Å². The number of aromatic nitrogens is 1. The monoisotopic (exact) mass is 386 g/mol. The van der Waals surface area contributed by atoms with E-state index in [1.165, 1.54) is 5.56 Å². The van der Waals surface area contributed by atoms with Crippen molar-refractivity contribution in [2.24, 2.45) is 5.92 Å². The summed E-state index contributed by atoms with van der Waals surface area (Å²) in [6, 6.07) is 14.4. The molecule has 24 heavy (non-hydrogen) atoms. The first kappa shape index (κ1) is 15.8. The summed E-state index contributed by atoms with van der Waals surface area (Å²) in [5.41, 5.74) is 1.80. The fourth-order valence-corrected chi connectivity index (χ4v) is 4.17. The van der Waals surface area contributed by atoms with Gasteiger partial charge in [0.05, 0.1) is 6.61 Å². The zero-order chi connectivity index (χ0) is 16.5. The van der Waals surface area contributed by atoms with Crippen molar-refractivity contribution in [3.05, 3.63) is 64.4 Å². The van der Waals surface area contributed by atoms with Crippen molar-refractivity contribution >= 4 is 21.8 Å². The van der Waals surface area contributed by atoms with Crippen molar-refractivity contribution in [2.45, 2.75) is 18.4 Å². The molecule has 0 bridgehead atoms. The van der Waals surface area contributed by atoms with Crippen LogP contribution >= 0.6 is 15.9 Å². The number of benzene rings is 1. The largest absolute Gasteiger partial charge is 0.381 e. The van der Waals surface area contributed by atoms with E-state index in [9.17, 15) is 4.79 Å². The number of carbonyl (C=O) groups excluding carboxylic acids is 1. The number of hydrogen-bond acceptors (Lipinski definition) is 3. The molecule has 3 atom stereocenters. The molecule has 5 heteroatoms. The summed E-state index contributed by atoms with van der Waals surface area (Å²) >= 11 is 3.37. The van der Waals surface area contributed by atoms with E-state index in [2.05, 4.69) is 45.2 Å². The fourth-order valence-electron chi connectivity index (χ4n) is 3.94. The first-order valence-corrected chi connectivity index (χ1v) is 9.08. The highest BCUT2D eigenvalue weighted by atomic mass is 79.9. The molecule has 0 N–H and O–H groups in total. The third-order valence-electron chi connectivity index (χ3n) is 5.11. The van der Waals surface area contributed by atoms with Crippen LogP contribution < -0.4 is 0 Å². The van der Waals surface area contributed by atoms with E-state index in [0.29, 0.717) is 17.5 Å². The number of amides is 1. The van der Waals surface area contributed by atoms with Crippen molar-refractivity contribution in [3.63, 3.8) is 0 Å². The average Bonchev–Trinajstić information content (AvgIpc) is 3.02. The maximum absolute atomic E-state index is 13.0. The molecule has 0 aliphatic carbocycles. The van der Waals surface area contributed by atoms with Gasteiger partial charge in [-0.3, -0.25) is 4.79 Å². The highest BCUT2D eigenvalue weighted by molar-refractivity contribution is 9.10. The Morgan fingerprint density at radius 1 is 1.21 bits per heavy atom. The van der Waals surface area contributed by atoms with Crippen molar-refractivity contribution in [3.8, 4) is 0 Å². The van der Waals surface area contributed by atoms with Crippen LogP contribution in [0.5, 0.6) is 0 Å². The molecule has 1 aromatic heterocycles. The Morgan fingerprint density at radius 3 is 2.79 bits per heavy atom. The molecule has 2 aromatic rings. The second-order valence-corrected chi connectivity index (χ2v) is 7.35. The number of halogens is 1. The van der Waals surface area contributed by atoms with Gasteiger partial charge in [0, 0.05) is 41.7 Å². The van der Waals surface area contributed by atoms with Crippen molar-refractivity contribution in [1.29, 1.82) is 0 Å². The second kappa shape index (κ2) is 6.65. The third kappa shape index (κ3) is 2.87. The van der Waals surface area contributed by atoms with E-state index in [-0.39, 0.29) is 11.9 Å². The third-order valence-corrected chi connectivity index (χ3v) is 5.58. The SMILES string of the molecule is O=C(c1ccc(Br)cn1)N1CC(c2ccccc2)C2COCCC21. The molecular formula is C19H19BrN2O2. The molecule has 4 rings (SSSR count). The fraction of sp³-hybridized carbons (Fsp3) is 0.368. The minimum Gasteiger partial charge on any atom is -0.381 e. The summed E-state index contributed by atoms with van der Waals surface area (Å²) in [4.78, 5) is 19.3. The smallest absolute Gasteiger partial charge is 0.272 e. The molecular weight excluding hydrogens is 368 g/mol. The molecule has 4 nitrogen and oxygen atoms in total. The van der Waals surface area contributed by atoms with Crippen LogP contribution in [-0.2, 0) is 4.74 Å². The predicted octanol–water partition coefficient (Wildman–Crippen LogP) is 3.49. The van der Waals surface area contributed by atoms with Crippen LogP contribution in [0.4, 0.5) is 0 Å². The van der Waals surface area contributed by atoms with E-state index < -0.39 is 0 Å². The highest BCUT2D eigenvalue weighted by Gasteiger charge is 2.46. The van der Waals surface area contributed by atoms with E-state index in [4.69, 9.17) is 4.74 Å². The van der Waals surface area contributed by atoms with Crippen molar-refractivity contribution < 1.29 is 9.53 Å². The average molecular weight is 387 g/mol. The molecule has 1 amide bonds. The maximum Gasteiger partial charge on any atom is 0.272 e. The molecule has 0 saturated carbocycles. The lowest BCUT2D eigenvalue weighted by Crippen LogP contribution is -2.42. The van der Waals surface area contributed by atoms with Crippen LogP contribution in [0.25, 0.3) is 0 Å². The molecule has 3 heterocycles. The van der Waals surface area contributed by atoms with Gasteiger partial charge in [0.1, 0.15) is 5.69 Å². The van der Waals surface area contributed by atoms with E-state index in [1.807, 2.05) is 17.0 Å². The van der Waals surface area contributed by atoms with Crippen molar-refractivity contribution in [1.82, 2.24) is 9.88 Å². The van der Waals surface area contributed by atoms with E-state index in [1.54, 1.807) is 12.3 Å². The first-order chi connectivity index (χ1) is 11.7. The molecule has 1 aromatic carbocycles. The number of likely N-dealkylation sites (tertiary alicyclic amines) is 1. The quantitative estimate of drug-likeness (QED) is 0.793. The van der Waals surface area contributed by atoms with Gasteiger partial charge in [0.2, 0.25) is 0 Å². The zero-order valence-corrected chi connectivity index (χ0v) is 14.9. The summed E-state index contributed by atoms with van der Waals surface area (Å²) < 4.78 is 6.61. The number of hydrogen-bond donors (Lipinski definition) is 0. The summed E-state index contributed by atoms with van der Waals surface area (Å²) in [6.45, 7) is 2.18. The van der Waals surface area contributed by atoms with Crippen LogP contribution in [0.3, 0.4) is 0 Å². The Kier molecular flexibility index (Phi) is 4.37. The Bertz CT molecular complexity index is 720. The lowest BCUT2D eigenvalue weighted by molar-refractivity contribution is 0.0187. The van der Waals surface area contributed by atoms with Gasteiger partial charge in [-0.15, -0.1) is 0 Å². The van der Waals surface area contributed by atoms with Crippen molar-refractivity contribution in [2.75, 3.05) is 19.8 Å². The number of carbonyl (C=O) groups is 1. The topological polar surface area (TPSA) is 42.4 Å². The van der Waals surface area contributed by atoms with Crippen LogP contribution in [0.15, 0.2) is 53.1 Å². The number of nitrogens with zero attached hydrogens (tertiary/aromatic N) is 2. The highest BCUT2D eigenvalue weighted by Crippen LogP contribution is 2.41. The summed E-state index contributed by atoms with van der Waals surface area (Å²) in [7, 11) is 0. The van der Waals surface area contributed by atoms with Gasteiger partial charge in [-0.25, -0.2) is 4.98 Å². The van der Waals surface area contributed by atoms with Gasteiger partial charge in [0.25, 0.3) is 5.91 Å².